The summed E-state index contributed by atoms with van der Waals surface area (Å²) < 4.78 is 2.02. The predicted molar refractivity (Wildman–Crippen MR) is 73.0 cm³/mol. The molecule has 3 rings (SSSR count). The molecule has 0 aromatic carbocycles. The lowest BCUT2D eigenvalue weighted by atomic mass is 10.2. The Morgan fingerprint density at radius 1 is 1.39 bits per heavy atom. The van der Waals surface area contributed by atoms with Gasteiger partial charge in [0, 0.05) is 25.0 Å². The van der Waals surface area contributed by atoms with Gasteiger partial charge in [-0.3, -0.25) is 0 Å². The summed E-state index contributed by atoms with van der Waals surface area (Å²) in [6.07, 6.45) is 10.8. The summed E-state index contributed by atoms with van der Waals surface area (Å²) in [6.45, 7) is 2.94. The molecule has 0 spiro atoms. The van der Waals surface area contributed by atoms with E-state index in [-0.39, 0.29) is 0 Å². The van der Waals surface area contributed by atoms with Crippen LogP contribution in [0.2, 0.25) is 0 Å². The lowest BCUT2D eigenvalue weighted by Crippen LogP contribution is -2.17. The number of aromatic nitrogens is 3. The van der Waals surface area contributed by atoms with E-state index in [1.54, 1.807) is 0 Å². The Morgan fingerprint density at radius 3 is 3.00 bits per heavy atom. The molecule has 1 saturated carbocycles. The molecule has 0 radical (unpaired) electrons. The van der Waals surface area contributed by atoms with Crippen molar-refractivity contribution in [3.05, 3.63) is 18.6 Å². The van der Waals surface area contributed by atoms with E-state index in [1.807, 2.05) is 23.0 Å². The zero-order valence-corrected chi connectivity index (χ0v) is 10.7. The van der Waals surface area contributed by atoms with Gasteiger partial charge in [0.15, 0.2) is 11.5 Å². The summed E-state index contributed by atoms with van der Waals surface area (Å²) in [6, 6.07) is 0.551. The fraction of sp³-hybridized carbons (Fsp3) is 0.538. The van der Waals surface area contributed by atoms with Crippen molar-refractivity contribution < 1.29 is 0 Å². The van der Waals surface area contributed by atoms with Gasteiger partial charge < -0.3 is 15.0 Å². The Morgan fingerprint density at radius 2 is 2.22 bits per heavy atom. The summed E-state index contributed by atoms with van der Waals surface area (Å²) in [4.78, 5) is 8.99. The third kappa shape index (κ3) is 2.12. The number of nitrogens with one attached hydrogen (secondary N) is 2. The average molecular weight is 245 g/mol. The van der Waals surface area contributed by atoms with Gasteiger partial charge in [-0.2, -0.15) is 0 Å². The van der Waals surface area contributed by atoms with Gasteiger partial charge in [-0.1, -0.05) is 12.8 Å². The van der Waals surface area contributed by atoms with Crippen LogP contribution in [0.4, 0.5) is 11.6 Å². The summed E-state index contributed by atoms with van der Waals surface area (Å²) in [5.41, 5.74) is 0.906. The minimum Gasteiger partial charge on any atom is -0.369 e. The molecule has 2 aromatic heterocycles. The Balaban J connectivity index is 1.93. The molecule has 0 aliphatic heterocycles. The van der Waals surface area contributed by atoms with Crippen LogP contribution in [0.15, 0.2) is 18.6 Å². The van der Waals surface area contributed by atoms with E-state index in [2.05, 4.69) is 27.5 Å². The van der Waals surface area contributed by atoms with Gasteiger partial charge in [0.1, 0.15) is 5.82 Å². The first-order valence-corrected chi connectivity index (χ1v) is 6.71. The molecule has 2 heterocycles. The Hall–Kier alpha value is -1.78. The van der Waals surface area contributed by atoms with Gasteiger partial charge in [0.25, 0.3) is 0 Å². The monoisotopic (exact) mass is 245 g/mol. The van der Waals surface area contributed by atoms with Crippen LogP contribution < -0.4 is 10.6 Å². The highest BCUT2D eigenvalue weighted by Crippen LogP contribution is 2.24. The molecular weight excluding hydrogens is 226 g/mol. The minimum atomic E-state index is 0.551. The number of imidazole rings is 1. The van der Waals surface area contributed by atoms with Crippen molar-refractivity contribution in [2.45, 2.75) is 38.6 Å². The van der Waals surface area contributed by atoms with Crippen molar-refractivity contribution in [1.29, 1.82) is 0 Å². The maximum Gasteiger partial charge on any atom is 0.180 e. The van der Waals surface area contributed by atoms with Crippen molar-refractivity contribution in [3.8, 4) is 0 Å². The molecule has 0 atom stereocenters. The second kappa shape index (κ2) is 4.84. The molecule has 5 heteroatoms. The molecule has 1 fully saturated rings. The van der Waals surface area contributed by atoms with Gasteiger partial charge in [-0.05, 0) is 19.8 Å². The van der Waals surface area contributed by atoms with Gasteiger partial charge in [-0.15, -0.1) is 0 Å². The first-order chi connectivity index (χ1) is 8.86. The number of hydrogen-bond acceptors (Lipinski definition) is 4. The van der Waals surface area contributed by atoms with E-state index >= 15 is 0 Å². The first kappa shape index (κ1) is 11.3. The number of anilines is 2. The smallest absolute Gasteiger partial charge is 0.180 e. The van der Waals surface area contributed by atoms with E-state index < -0.39 is 0 Å². The predicted octanol–water partition coefficient (Wildman–Crippen LogP) is 2.52. The number of hydrogen-bond donors (Lipinski definition) is 2. The van der Waals surface area contributed by atoms with Crippen molar-refractivity contribution >= 4 is 17.3 Å². The highest BCUT2D eigenvalue weighted by atomic mass is 15.2. The molecule has 1 aliphatic rings. The van der Waals surface area contributed by atoms with E-state index in [1.165, 1.54) is 25.7 Å². The molecule has 0 amide bonds. The van der Waals surface area contributed by atoms with Crippen molar-refractivity contribution in [3.63, 3.8) is 0 Å². The largest absolute Gasteiger partial charge is 0.369 e. The second-order valence-electron chi connectivity index (χ2n) is 4.79. The van der Waals surface area contributed by atoms with Crippen molar-refractivity contribution in [1.82, 2.24) is 14.4 Å². The highest BCUT2D eigenvalue weighted by Gasteiger charge is 2.17. The van der Waals surface area contributed by atoms with Crippen LogP contribution in [0.1, 0.15) is 32.6 Å². The topological polar surface area (TPSA) is 54.2 Å². The van der Waals surface area contributed by atoms with Crippen LogP contribution in [-0.2, 0) is 0 Å². The van der Waals surface area contributed by atoms with E-state index in [0.717, 1.165) is 23.8 Å². The summed E-state index contributed by atoms with van der Waals surface area (Å²) >= 11 is 0. The van der Waals surface area contributed by atoms with Crippen LogP contribution in [0, 0.1) is 0 Å². The van der Waals surface area contributed by atoms with Gasteiger partial charge in [-0.25, -0.2) is 9.97 Å². The van der Waals surface area contributed by atoms with Crippen LogP contribution in [0.3, 0.4) is 0 Å². The standard InChI is InChI=1S/C13H19N5/c1-2-14-11-9-18-8-7-15-13(18)12(17-11)16-10-5-3-4-6-10/h7-10,14H,2-6H2,1H3,(H,16,17). The molecule has 1 aliphatic carbocycles. The lowest BCUT2D eigenvalue weighted by Gasteiger charge is -2.14. The minimum absolute atomic E-state index is 0.551. The molecule has 0 saturated heterocycles. The number of fused-ring (bicyclic) bond motifs is 1. The molecule has 96 valence electrons. The normalized spacial score (nSPS) is 16.3. The van der Waals surface area contributed by atoms with Crippen LogP contribution >= 0.6 is 0 Å². The zero-order chi connectivity index (χ0) is 12.4. The van der Waals surface area contributed by atoms with E-state index in [4.69, 9.17) is 0 Å². The molecule has 5 nitrogen and oxygen atoms in total. The Kier molecular flexibility index (Phi) is 3.04. The summed E-state index contributed by atoms with van der Waals surface area (Å²) in [5, 5.41) is 6.79. The SMILES string of the molecule is CCNc1cn2ccnc2c(NC2CCCC2)n1. The maximum atomic E-state index is 4.62. The van der Waals surface area contributed by atoms with Crippen LogP contribution in [-0.4, -0.2) is 27.0 Å². The molecular formula is C13H19N5. The quantitative estimate of drug-likeness (QED) is 0.869. The van der Waals surface area contributed by atoms with Gasteiger partial charge in [0.05, 0.1) is 6.20 Å². The molecule has 0 bridgehead atoms. The fourth-order valence-corrected chi connectivity index (χ4v) is 2.56. The van der Waals surface area contributed by atoms with E-state index in [9.17, 15) is 0 Å². The van der Waals surface area contributed by atoms with Crippen molar-refractivity contribution in [2.75, 3.05) is 17.2 Å². The first-order valence-electron chi connectivity index (χ1n) is 6.71. The third-order valence-electron chi connectivity index (χ3n) is 3.43. The third-order valence-corrected chi connectivity index (χ3v) is 3.43. The molecule has 2 N–H and O–H groups in total. The summed E-state index contributed by atoms with van der Waals surface area (Å²) in [7, 11) is 0. The summed E-state index contributed by atoms with van der Waals surface area (Å²) in [5.74, 6) is 1.79. The van der Waals surface area contributed by atoms with E-state index in [0.29, 0.717) is 6.04 Å². The number of nitrogens with zero attached hydrogens (tertiary/aromatic N) is 3. The second-order valence-corrected chi connectivity index (χ2v) is 4.79. The maximum absolute atomic E-state index is 4.62. The van der Waals surface area contributed by atoms with Crippen molar-refractivity contribution in [2.24, 2.45) is 0 Å². The molecule has 2 aromatic rings. The van der Waals surface area contributed by atoms with Gasteiger partial charge >= 0.3 is 0 Å². The molecule has 0 unspecified atom stereocenters. The molecule has 18 heavy (non-hydrogen) atoms. The Bertz CT molecular complexity index is 527. The van der Waals surface area contributed by atoms with Crippen LogP contribution in [0.5, 0.6) is 0 Å². The fourth-order valence-electron chi connectivity index (χ4n) is 2.56. The number of rotatable bonds is 4. The lowest BCUT2D eigenvalue weighted by molar-refractivity contribution is 0.750. The zero-order valence-electron chi connectivity index (χ0n) is 10.7. The van der Waals surface area contributed by atoms with Gasteiger partial charge in [0.2, 0.25) is 0 Å². The van der Waals surface area contributed by atoms with Crippen LogP contribution in [0.25, 0.3) is 5.65 Å². The Labute approximate surface area is 107 Å². The highest BCUT2D eigenvalue weighted by molar-refractivity contribution is 5.65. The average Bonchev–Trinajstić information content (AvgIpc) is 2.99.